The number of aryl methyl sites for hydroxylation is 1. The van der Waals surface area contributed by atoms with E-state index in [1.165, 1.54) is 12.8 Å². The molecule has 4 heterocycles. The number of carbonyl (C=O) groups is 1. The molecule has 0 saturated carbocycles. The number of anilines is 1. The molecular formula is C26H31ClN6O. The lowest BCUT2D eigenvalue weighted by Crippen LogP contribution is -2.33. The van der Waals surface area contributed by atoms with Crippen LogP contribution in [0.4, 0.5) is 5.82 Å². The third kappa shape index (κ3) is 4.72. The normalized spacial score (nSPS) is 19.5. The van der Waals surface area contributed by atoms with Gasteiger partial charge in [0.05, 0.1) is 6.54 Å². The molecule has 0 aliphatic carbocycles. The number of halogens is 1. The summed E-state index contributed by atoms with van der Waals surface area (Å²) in [5.74, 6) is 2.47. The van der Waals surface area contributed by atoms with E-state index in [0.717, 1.165) is 54.1 Å². The van der Waals surface area contributed by atoms with Crippen LogP contribution in [0.15, 0.2) is 36.7 Å². The van der Waals surface area contributed by atoms with Gasteiger partial charge in [-0.15, -0.1) is 10.2 Å². The molecule has 1 unspecified atom stereocenters. The van der Waals surface area contributed by atoms with Crippen molar-refractivity contribution in [2.24, 2.45) is 13.0 Å². The number of benzene rings is 1. The molecule has 2 aliphatic heterocycles. The van der Waals surface area contributed by atoms with Crippen molar-refractivity contribution in [1.82, 2.24) is 24.6 Å². The first-order valence-corrected chi connectivity index (χ1v) is 12.4. The van der Waals surface area contributed by atoms with Crippen LogP contribution in [0.1, 0.15) is 65.5 Å². The Kier molecular flexibility index (Phi) is 6.40. The molecule has 3 aromatic rings. The number of rotatable bonds is 6. The van der Waals surface area contributed by atoms with E-state index in [0.29, 0.717) is 23.4 Å². The summed E-state index contributed by atoms with van der Waals surface area (Å²) in [6.07, 6.45) is 4.99. The summed E-state index contributed by atoms with van der Waals surface area (Å²) in [5.41, 5.74) is 3.99. The smallest absolute Gasteiger partial charge is 0.260 e. The van der Waals surface area contributed by atoms with Crippen molar-refractivity contribution >= 4 is 23.3 Å². The van der Waals surface area contributed by atoms with Crippen molar-refractivity contribution in [2.75, 3.05) is 18.0 Å². The van der Waals surface area contributed by atoms with Gasteiger partial charge >= 0.3 is 0 Å². The van der Waals surface area contributed by atoms with Gasteiger partial charge in [0, 0.05) is 32.1 Å². The average Bonchev–Trinajstić information content (AvgIpc) is 3.35. The molecule has 7 nitrogen and oxygen atoms in total. The maximum Gasteiger partial charge on any atom is 0.260 e. The lowest BCUT2D eigenvalue weighted by Gasteiger charge is -2.31. The zero-order valence-electron chi connectivity index (χ0n) is 20.0. The molecule has 34 heavy (non-hydrogen) atoms. The standard InChI is InChI=1S/C26H31ClN6O/c1-17-5-4-8-32(13-17)14-19-10-23(27)29-24(11-19)33-15-21-7-6-20(12-22(21)26(33)34)18(2)9-25-30-28-16-31(25)3/h6-7,10-12,16-18H,4-5,8-9,13-15H2,1-3H3/t17-,18?/m0/s1. The maximum absolute atomic E-state index is 13.4. The second kappa shape index (κ2) is 9.47. The minimum absolute atomic E-state index is 0.0185. The zero-order valence-corrected chi connectivity index (χ0v) is 20.8. The van der Waals surface area contributed by atoms with E-state index in [9.17, 15) is 4.79 Å². The first kappa shape index (κ1) is 23.0. The van der Waals surface area contributed by atoms with Crippen molar-refractivity contribution in [3.05, 3.63) is 69.9 Å². The predicted octanol–water partition coefficient (Wildman–Crippen LogP) is 4.60. The number of pyridine rings is 1. The molecule has 1 saturated heterocycles. The van der Waals surface area contributed by atoms with Crippen LogP contribution >= 0.6 is 11.6 Å². The summed E-state index contributed by atoms with van der Waals surface area (Å²) < 4.78 is 1.93. The van der Waals surface area contributed by atoms with E-state index in [-0.39, 0.29) is 11.8 Å². The number of nitrogens with zero attached hydrogens (tertiary/aromatic N) is 6. The Bertz CT molecular complexity index is 1210. The highest BCUT2D eigenvalue weighted by Gasteiger charge is 2.30. The molecule has 2 aromatic heterocycles. The highest BCUT2D eigenvalue weighted by molar-refractivity contribution is 6.29. The monoisotopic (exact) mass is 478 g/mol. The van der Waals surface area contributed by atoms with E-state index in [4.69, 9.17) is 11.6 Å². The first-order valence-electron chi connectivity index (χ1n) is 12.0. The Morgan fingerprint density at radius 2 is 2.09 bits per heavy atom. The topological polar surface area (TPSA) is 67.2 Å². The number of likely N-dealkylation sites (tertiary alicyclic amines) is 1. The molecule has 5 rings (SSSR count). The Morgan fingerprint density at radius 3 is 2.85 bits per heavy atom. The molecule has 2 atom stereocenters. The predicted molar refractivity (Wildman–Crippen MR) is 133 cm³/mol. The van der Waals surface area contributed by atoms with Gasteiger partial charge in [0.25, 0.3) is 5.91 Å². The molecule has 1 aromatic carbocycles. The van der Waals surface area contributed by atoms with Crippen molar-refractivity contribution < 1.29 is 4.79 Å². The zero-order chi connectivity index (χ0) is 23.8. The second-order valence-electron chi connectivity index (χ2n) is 9.91. The van der Waals surface area contributed by atoms with Crippen molar-refractivity contribution in [2.45, 2.75) is 52.1 Å². The van der Waals surface area contributed by atoms with E-state index < -0.39 is 0 Å². The fraction of sp³-hybridized carbons (Fsp3) is 0.462. The molecule has 0 N–H and O–H groups in total. The Morgan fingerprint density at radius 1 is 1.24 bits per heavy atom. The van der Waals surface area contributed by atoms with Crippen molar-refractivity contribution in [3.63, 3.8) is 0 Å². The van der Waals surface area contributed by atoms with Gasteiger partial charge in [0.15, 0.2) is 0 Å². The third-order valence-electron chi connectivity index (χ3n) is 7.07. The van der Waals surface area contributed by atoms with Gasteiger partial charge in [-0.1, -0.05) is 37.6 Å². The molecule has 0 radical (unpaired) electrons. The summed E-state index contributed by atoms with van der Waals surface area (Å²) in [5, 5.41) is 8.59. The molecule has 2 aliphatic rings. The van der Waals surface area contributed by atoms with Gasteiger partial charge in [-0.2, -0.15) is 0 Å². The molecule has 1 fully saturated rings. The van der Waals surface area contributed by atoms with E-state index in [1.807, 2.05) is 29.8 Å². The molecular weight excluding hydrogens is 448 g/mol. The number of amides is 1. The summed E-state index contributed by atoms with van der Waals surface area (Å²) in [6.45, 7) is 8.00. The highest BCUT2D eigenvalue weighted by atomic mass is 35.5. The Hall–Kier alpha value is -2.77. The number of piperidine rings is 1. The van der Waals surface area contributed by atoms with Crippen LogP contribution in [0.5, 0.6) is 0 Å². The number of fused-ring (bicyclic) bond motifs is 1. The fourth-order valence-electron chi connectivity index (χ4n) is 5.15. The van der Waals surface area contributed by atoms with Crippen LogP contribution in [0.25, 0.3) is 0 Å². The van der Waals surface area contributed by atoms with E-state index >= 15 is 0 Å². The molecule has 0 bridgehead atoms. The quantitative estimate of drug-likeness (QED) is 0.484. The number of hydrogen-bond acceptors (Lipinski definition) is 5. The van der Waals surface area contributed by atoms with Crippen LogP contribution < -0.4 is 4.90 Å². The van der Waals surface area contributed by atoms with Gasteiger partial charge < -0.3 is 4.57 Å². The largest absolute Gasteiger partial charge is 0.321 e. The van der Waals surface area contributed by atoms with Gasteiger partial charge in [-0.3, -0.25) is 14.6 Å². The summed E-state index contributed by atoms with van der Waals surface area (Å²) in [6, 6.07) is 10.2. The van der Waals surface area contributed by atoms with E-state index in [2.05, 4.69) is 46.1 Å². The van der Waals surface area contributed by atoms with Crippen LogP contribution in [0.3, 0.4) is 0 Å². The van der Waals surface area contributed by atoms with Crippen molar-refractivity contribution in [1.29, 1.82) is 0 Å². The molecule has 0 spiro atoms. The van der Waals surface area contributed by atoms with Gasteiger partial charge in [0.1, 0.15) is 23.1 Å². The van der Waals surface area contributed by atoms with Crippen LogP contribution in [0.2, 0.25) is 5.15 Å². The lowest BCUT2D eigenvalue weighted by molar-refractivity contribution is 0.0996. The van der Waals surface area contributed by atoms with E-state index in [1.54, 1.807) is 11.2 Å². The maximum atomic E-state index is 13.4. The summed E-state index contributed by atoms with van der Waals surface area (Å²) in [4.78, 5) is 22.1. The van der Waals surface area contributed by atoms with Gasteiger partial charge in [0.2, 0.25) is 0 Å². The minimum atomic E-state index is -0.0185. The Balaban J connectivity index is 1.34. The van der Waals surface area contributed by atoms with Crippen LogP contribution in [-0.2, 0) is 26.6 Å². The van der Waals surface area contributed by atoms with Crippen LogP contribution in [-0.4, -0.2) is 43.6 Å². The minimum Gasteiger partial charge on any atom is -0.321 e. The Labute approximate surface area is 205 Å². The van der Waals surface area contributed by atoms with Gasteiger partial charge in [-0.05, 0) is 66.1 Å². The molecule has 8 heteroatoms. The summed E-state index contributed by atoms with van der Waals surface area (Å²) in [7, 11) is 1.95. The van der Waals surface area contributed by atoms with Gasteiger partial charge in [-0.25, -0.2) is 4.98 Å². The average molecular weight is 479 g/mol. The molecule has 1 amide bonds. The summed E-state index contributed by atoms with van der Waals surface area (Å²) >= 11 is 6.40. The third-order valence-corrected chi connectivity index (χ3v) is 7.26. The fourth-order valence-corrected chi connectivity index (χ4v) is 5.37. The number of aromatic nitrogens is 4. The van der Waals surface area contributed by atoms with Crippen molar-refractivity contribution in [3.8, 4) is 0 Å². The lowest BCUT2D eigenvalue weighted by atomic mass is 9.94. The van der Waals surface area contributed by atoms with Crippen LogP contribution in [0, 0.1) is 5.92 Å². The first-order chi connectivity index (χ1) is 16.4. The SMILES string of the molecule is CC(Cc1nncn1C)c1ccc2c(c1)C(=O)N(c1cc(CN3CCC[C@H](C)C3)cc(Cl)n1)C2. The number of carbonyl (C=O) groups excluding carboxylic acids is 1. The molecule has 178 valence electrons. The number of hydrogen-bond donors (Lipinski definition) is 0. The highest BCUT2D eigenvalue weighted by Crippen LogP contribution is 2.32. The second-order valence-corrected chi connectivity index (χ2v) is 10.3.